The summed E-state index contributed by atoms with van der Waals surface area (Å²) in [7, 11) is 3.50. The quantitative estimate of drug-likeness (QED) is 0.791. The summed E-state index contributed by atoms with van der Waals surface area (Å²) in [5, 5.41) is 0. The topological polar surface area (TPSA) is 40.5 Å². The molecule has 0 amide bonds. The third-order valence-electron chi connectivity index (χ3n) is 3.38. The maximum atomic E-state index is 11.2. The number of hydrogen-bond donors (Lipinski definition) is 0. The minimum absolute atomic E-state index is 0.565. The van der Waals surface area contributed by atoms with Crippen molar-refractivity contribution in [3.05, 3.63) is 41.1 Å². The van der Waals surface area contributed by atoms with Gasteiger partial charge in [-0.05, 0) is 43.7 Å². The molecule has 100 valence electrons. The van der Waals surface area contributed by atoms with Crippen LogP contribution in [0, 0.1) is 13.8 Å². The van der Waals surface area contributed by atoms with Crippen molar-refractivity contribution in [2.45, 2.75) is 13.8 Å². The molecule has 1 heterocycles. The number of methoxy groups -OCH3 is 1. The van der Waals surface area contributed by atoms with Crippen LogP contribution in [0.4, 0.5) is 0 Å². The second kappa shape index (κ2) is 5.18. The predicted octanol–water partition coefficient (Wildman–Crippen LogP) is 3.26. The third-order valence-corrected chi connectivity index (χ3v) is 3.38. The lowest BCUT2D eigenvalue weighted by Gasteiger charge is -2.09. The Labute approximate surface area is 112 Å². The fourth-order valence-electron chi connectivity index (χ4n) is 1.96. The summed E-state index contributed by atoms with van der Waals surface area (Å²) in [6, 6.07) is 7.26. The molecule has 2 rings (SSSR count). The van der Waals surface area contributed by atoms with Crippen molar-refractivity contribution in [2.24, 2.45) is 7.05 Å². The van der Waals surface area contributed by atoms with E-state index in [1.807, 2.05) is 49.7 Å². The number of aromatic nitrogens is 1. The van der Waals surface area contributed by atoms with Crippen LogP contribution in [0.25, 0.3) is 0 Å². The molecule has 0 aliphatic rings. The smallest absolute Gasteiger partial charge is 0.210 e. The Morgan fingerprint density at radius 3 is 2.21 bits per heavy atom. The molecule has 0 N–H and O–H groups in total. The number of nitrogens with zero attached hydrogens (tertiary/aromatic N) is 1. The van der Waals surface area contributed by atoms with Crippen LogP contribution in [-0.2, 0) is 7.05 Å². The zero-order valence-corrected chi connectivity index (χ0v) is 11.6. The molecule has 0 saturated heterocycles. The summed E-state index contributed by atoms with van der Waals surface area (Å²) in [6.45, 7) is 3.88. The monoisotopic (exact) mass is 259 g/mol. The first-order valence-corrected chi connectivity index (χ1v) is 6.01. The highest BCUT2D eigenvalue weighted by molar-refractivity contribution is 5.82. The Hall–Kier alpha value is -2.23. The van der Waals surface area contributed by atoms with Crippen LogP contribution in [0.2, 0.25) is 0 Å². The van der Waals surface area contributed by atoms with Gasteiger partial charge in [0.2, 0.25) is 5.88 Å². The zero-order chi connectivity index (χ0) is 14.0. The van der Waals surface area contributed by atoms with E-state index in [1.54, 1.807) is 7.11 Å². The third kappa shape index (κ3) is 2.34. The first-order valence-electron chi connectivity index (χ1n) is 6.01. The Kier molecular flexibility index (Phi) is 3.60. The van der Waals surface area contributed by atoms with Crippen molar-refractivity contribution in [3.63, 3.8) is 0 Å². The molecule has 4 heteroatoms. The van der Waals surface area contributed by atoms with Gasteiger partial charge in [0.05, 0.1) is 12.7 Å². The SMILES string of the molecule is COc1ccc(Oc2c(C=O)c(C)c(C)n2C)cc1. The van der Waals surface area contributed by atoms with Crippen LogP contribution < -0.4 is 9.47 Å². The second-order valence-corrected chi connectivity index (χ2v) is 4.38. The molecule has 0 atom stereocenters. The Balaban J connectivity index is 2.37. The largest absolute Gasteiger partial charge is 0.497 e. The average Bonchev–Trinajstić information content (AvgIpc) is 2.64. The van der Waals surface area contributed by atoms with Gasteiger partial charge < -0.3 is 14.0 Å². The van der Waals surface area contributed by atoms with E-state index in [-0.39, 0.29) is 0 Å². The van der Waals surface area contributed by atoms with Gasteiger partial charge in [-0.3, -0.25) is 4.79 Å². The highest BCUT2D eigenvalue weighted by Gasteiger charge is 2.16. The van der Waals surface area contributed by atoms with Gasteiger partial charge >= 0.3 is 0 Å². The number of benzene rings is 1. The van der Waals surface area contributed by atoms with Crippen LogP contribution in [0.15, 0.2) is 24.3 Å². The number of carbonyl (C=O) groups excluding carboxylic acids is 1. The van der Waals surface area contributed by atoms with Crippen LogP contribution in [0.5, 0.6) is 17.4 Å². The lowest BCUT2D eigenvalue weighted by Crippen LogP contribution is -1.96. The maximum Gasteiger partial charge on any atom is 0.210 e. The van der Waals surface area contributed by atoms with Gasteiger partial charge in [0, 0.05) is 12.7 Å². The van der Waals surface area contributed by atoms with E-state index >= 15 is 0 Å². The number of ether oxygens (including phenoxy) is 2. The fourth-order valence-corrected chi connectivity index (χ4v) is 1.96. The van der Waals surface area contributed by atoms with E-state index in [2.05, 4.69) is 0 Å². The van der Waals surface area contributed by atoms with Crippen molar-refractivity contribution >= 4 is 6.29 Å². The summed E-state index contributed by atoms with van der Waals surface area (Å²) < 4.78 is 12.8. The standard InChI is InChI=1S/C15H17NO3/c1-10-11(2)16(3)15(14(10)9-17)19-13-7-5-12(18-4)6-8-13/h5-9H,1-4H3. The van der Waals surface area contributed by atoms with Crippen molar-refractivity contribution in [1.29, 1.82) is 0 Å². The molecule has 0 bridgehead atoms. The molecule has 0 aliphatic heterocycles. The highest BCUT2D eigenvalue weighted by atomic mass is 16.5. The van der Waals surface area contributed by atoms with Crippen LogP contribution in [0.1, 0.15) is 21.6 Å². The Morgan fingerprint density at radius 2 is 1.68 bits per heavy atom. The number of rotatable bonds is 4. The lowest BCUT2D eigenvalue weighted by molar-refractivity contribution is 0.112. The Morgan fingerprint density at radius 1 is 1.11 bits per heavy atom. The normalized spacial score (nSPS) is 10.3. The fraction of sp³-hybridized carbons (Fsp3) is 0.267. The average molecular weight is 259 g/mol. The van der Waals surface area contributed by atoms with Crippen LogP contribution in [-0.4, -0.2) is 18.0 Å². The van der Waals surface area contributed by atoms with Gasteiger partial charge in [-0.15, -0.1) is 0 Å². The molecule has 0 unspecified atom stereocenters. The molecule has 0 radical (unpaired) electrons. The molecular weight excluding hydrogens is 242 g/mol. The van der Waals surface area contributed by atoms with Gasteiger partial charge in [-0.2, -0.15) is 0 Å². The van der Waals surface area contributed by atoms with Crippen LogP contribution in [0.3, 0.4) is 0 Å². The van der Waals surface area contributed by atoms with Crippen molar-refractivity contribution in [1.82, 2.24) is 4.57 Å². The van der Waals surface area contributed by atoms with Crippen molar-refractivity contribution in [3.8, 4) is 17.4 Å². The number of aldehydes is 1. The van der Waals surface area contributed by atoms with Gasteiger partial charge in [0.1, 0.15) is 11.5 Å². The molecule has 0 aliphatic carbocycles. The molecule has 2 aromatic rings. The lowest BCUT2D eigenvalue weighted by atomic mass is 10.2. The van der Waals surface area contributed by atoms with E-state index in [0.29, 0.717) is 17.2 Å². The van der Waals surface area contributed by atoms with Gasteiger partial charge in [-0.25, -0.2) is 0 Å². The maximum absolute atomic E-state index is 11.2. The summed E-state index contributed by atoms with van der Waals surface area (Å²) >= 11 is 0. The minimum atomic E-state index is 0.565. The predicted molar refractivity (Wildman–Crippen MR) is 73.3 cm³/mol. The number of hydrogen-bond acceptors (Lipinski definition) is 3. The first kappa shape index (κ1) is 13.2. The van der Waals surface area contributed by atoms with E-state index in [4.69, 9.17) is 9.47 Å². The molecule has 0 spiro atoms. The molecule has 0 saturated carbocycles. The van der Waals surface area contributed by atoms with Crippen LogP contribution >= 0.6 is 0 Å². The first-order chi connectivity index (χ1) is 9.08. The second-order valence-electron chi connectivity index (χ2n) is 4.38. The zero-order valence-electron chi connectivity index (χ0n) is 11.6. The summed E-state index contributed by atoms with van der Waals surface area (Å²) in [6.07, 6.45) is 0.835. The molecule has 4 nitrogen and oxygen atoms in total. The molecule has 1 aromatic heterocycles. The van der Waals surface area contributed by atoms with E-state index in [9.17, 15) is 4.79 Å². The highest BCUT2D eigenvalue weighted by Crippen LogP contribution is 2.31. The van der Waals surface area contributed by atoms with Crippen molar-refractivity contribution < 1.29 is 14.3 Å². The summed E-state index contributed by atoms with van der Waals surface area (Å²) in [5.41, 5.74) is 2.56. The molecule has 0 fully saturated rings. The molecule has 19 heavy (non-hydrogen) atoms. The molecule has 1 aromatic carbocycles. The van der Waals surface area contributed by atoms with Crippen molar-refractivity contribution in [2.75, 3.05) is 7.11 Å². The van der Waals surface area contributed by atoms with Gasteiger partial charge in [-0.1, -0.05) is 0 Å². The van der Waals surface area contributed by atoms with E-state index < -0.39 is 0 Å². The molecular formula is C15H17NO3. The van der Waals surface area contributed by atoms with E-state index in [1.165, 1.54) is 0 Å². The van der Waals surface area contributed by atoms with Gasteiger partial charge in [0.15, 0.2) is 6.29 Å². The van der Waals surface area contributed by atoms with E-state index in [0.717, 1.165) is 23.3 Å². The minimum Gasteiger partial charge on any atom is -0.497 e. The Bertz CT molecular complexity index is 597. The number of carbonyl (C=O) groups is 1. The van der Waals surface area contributed by atoms with Gasteiger partial charge in [0.25, 0.3) is 0 Å². The summed E-state index contributed by atoms with van der Waals surface area (Å²) in [4.78, 5) is 11.2. The summed E-state index contributed by atoms with van der Waals surface area (Å²) in [5.74, 6) is 2.00.